The number of thiophene rings is 1. The fourth-order valence-electron chi connectivity index (χ4n) is 3.74. The molecule has 0 aliphatic carbocycles. The number of piperazine rings is 1. The number of nitrogens with zero attached hydrogens (tertiary/aromatic N) is 2. The van der Waals surface area contributed by atoms with E-state index >= 15 is 0 Å². The summed E-state index contributed by atoms with van der Waals surface area (Å²) in [7, 11) is 0. The van der Waals surface area contributed by atoms with Gasteiger partial charge in [-0.15, -0.1) is 11.3 Å². The van der Waals surface area contributed by atoms with E-state index in [1.807, 2.05) is 11.3 Å². The number of likely N-dealkylation sites (tertiary alicyclic amines) is 1. The molecule has 1 unspecified atom stereocenters. The minimum atomic E-state index is 0.769. The Morgan fingerprint density at radius 2 is 1.83 bits per heavy atom. The van der Waals surface area contributed by atoms with E-state index in [1.54, 1.807) is 0 Å². The predicted molar refractivity (Wildman–Crippen MR) is 97.9 cm³/mol. The van der Waals surface area contributed by atoms with Crippen molar-refractivity contribution >= 4 is 11.3 Å². The molecule has 4 heteroatoms. The van der Waals surface area contributed by atoms with Crippen molar-refractivity contribution in [2.24, 2.45) is 0 Å². The topological polar surface area (TPSA) is 18.5 Å². The van der Waals surface area contributed by atoms with Crippen LogP contribution in [0, 0.1) is 0 Å². The van der Waals surface area contributed by atoms with E-state index in [0.717, 1.165) is 25.7 Å². The van der Waals surface area contributed by atoms with Crippen LogP contribution in [-0.4, -0.2) is 55.1 Å². The van der Waals surface area contributed by atoms with Crippen LogP contribution < -0.4 is 5.32 Å². The maximum atomic E-state index is 3.45. The molecule has 0 radical (unpaired) electrons. The molecular weight excluding hydrogens is 302 g/mol. The first-order chi connectivity index (χ1) is 11.4. The second kappa shape index (κ2) is 7.14. The number of hydrogen-bond acceptors (Lipinski definition) is 4. The maximum Gasteiger partial charge on any atom is 0.0346 e. The van der Waals surface area contributed by atoms with Crippen molar-refractivity contribution in [3.8, 4) is 10.4 Å². The summed E-state index contributed by atoms with van der Waals surface area (Å²) in [4.78, 5) is 8.19. The minimum Gasteiger partial charge on any atom is -0.314 e. The van der Waals surface area contributed by atoms with Crippen molar-refractivity contribution < 1.29 is 0 Å². The Hall–Kier alpha value is -1.20. The van der Waals surface area contributed by atoms with Gasteiger partial charge in [0, 0.05) is 61.6 Å². The molecule has 1 atom stereocenters. The smallest absolute Gasteiger partial charge is 0.0346 e. The van der Waals surface area contributed by atoms with E-state index in [-0.39, 0.29) is 0 Å². The van der Waals surface area contributed by atoms with Crippen LogP contribution in [0.2, 0.25) is 0 Å². The number of nitrogens with one attached hydrogen (secondary N) is 1. The lowest BCUT2D eigenvalue weighted by Gasteiger charge is -2.32. The summed E-state index contributed by atoms with van der Waals surface area (Å²) in [5, 5.41) is 3.45. The van der Waals surface area contributed by atoms with Gasteiger partial charge in [-0.2, -0.15) is 0 Å². The molecule has 0 spiro atoms. The van der Waals surface area contributed by atoms with Crippen LogP contribution in [0.1, 0.15) is 11.3 Å². The van der Waals surface area contributed by atoms with Gasteiger partial charge < -0.3 is 5.32 Å². The average molecular weight is 327 g/mol. The lowest BCUT2D eigenvalue weighted by atomic mass is 10.2. The van der Waals surface area contributed by atoms with Crippen molar-refractivity contribution in [1.29, 1.82) is 0 Å². The van der Waals surface area contributed by atoms with Crippen molar-refractivity contribution in [3.63, 3.8) is 0 Å². The largest absolute Gasteiger partial charge is 0.314 e. The summed E-state index contributed by atoms with van der Waals surface area (Å²) < 4.78 is 0. The third kappa shape index (κ3) is 3.66. The Bertz CT molecular complexity index is 619. The Labute approximate surface area is 142 Å². The monoisotopic (exact) mass is 327 g/mol. The maximum absolute atomic E-state index is 3.45. The minimum absolute atomic E-state index is 0.769. The Kier molecular flexibility index (Phi) is 4.76. The first kappa shape index (κ1) is 15.3. The highest BCUT2D eigenvalue weighted by atomic mass is 32.1. The molecule has 0 saturated carbocycles. The average Bonchev–Trinajstić information content (AvgIpc) is 3.27. The first-order valence-corrected chi connectivity index (χ1v) is 9.51. The Morgan fingerprint density at radius 1 is 1.00 bits per heavy atom. The standard InChI is InChI=1S/C19H25N3S/c1-2-4-16(5-3-1)19-7-6-18(23-19)15-21-11-8-17(14-21)22-12-9-20-10-13-22/h1-7,17,20H,8-15H2. The van der Waals surface area contributed by atoms with Gasteiger partial charge in [0.25, 0.3) is 0 Å². The van der Waals surface area contributed by atoms with Crippen molar-refractivity contribution in [2.75, 3.05) is 39.3 Å². The van der Waals surface area contributed by atoms with Crippen LogP contribution in [0.4, 0.5) is 0 Å². The molecule has 1 aromatic carbocycles. The molecule has 2 aliphatic heterocycles. The zero-order valence-electron chi connectivity index (χ0n) is 13.6. The molecule has 2 fully saturated rings. The quantitative estimate of drug-likeness (QED) is 0.931. The molecule has 23 heavy (non-hydrogen) atoms. The van der Waals surface area contributed by atoms with Gasteiger partial charge in [-0.25, -0.2) is 0 Å². The molecule has 122 valence electrons. The third-order valence-electron chi connectivity index (χ3n) is 5.01. The van der Waals surface area contributed by atoms with Crippen LogP contribution in [0.25, 0.3) is 10.4 Å². The number of rotatable bonds is 4. The summed E-state index contributed by atoms with van der Waals surface area (Å²) in [6.45, 7) is 8.33. The van der Waals surface area contributed by atoms with Gasteiger partial charge in [-0.3, -0.25) is 9.80 Å². The molecule has 1 N–H and O–H groups in total. The zero-order chi connectivity index (χ0) is 15.5. The summed E-state index contributed by atoms with van der Waals surface area (Å²) in [6, 6.07) is 16.1. The highest BCUT2D eigenvalue weighted by Gasteiger charge is 2.28. The van der Waals surface area contributed by atoms with Gasteiger partial charge in [-0.05, 0) is 24.1 Å². The van der Waals surface area contributed by atoms with Gasteiger partial charge in [0.15, 0.2) is 0 Å². The van der Waals surface area contributed by atoms with Crippen LogP contribution in [-0.2, 0) is 6.54 Å². The van der Waals surface area contributed by atoms with Crippen LogP contribution in [0.15, 0.2) is 42.5 Å². The fraction of sp³-hybridized carbons (Fsp3) is 0.474. The van der Waals surface area contributed by atoms with Crippen molar-refractivity contribution in [3.05, 3.63) is 47.3 Å². The van der Waals surface area contributed by atoms with Crippen molar-refractivity contribution in [2.45, 2.75) is 19.0 Å². The lowest BCUT2D eigenvalue weighted by Crippen LogP contribution is -2.49. The van der Waals surface area contributed by atoms with Gasteiger partial charge in [0.05, 0.1) is 0 Å². The zero-order valence-corrected chi connectivity index (χ0v) is 14.4. The van der Waals surface area contributed by atoms with Crippen LogP contribution in [0.3, 0.4) is 0 Å². The van der Waals surface area contributed by atoms with Gasteiger partial charge in [0.1, 0.15) is 0 Å². The van der Waals surface area contributed by atoms with E-state index in [4.69, 9.17) is 0 Å². The fourth-order valence-corrected chi connectivity index (χ4v) is 4.80. The molecule has 2 saturated heterocycles. The van der Waals surface area contributed by atoms with E-state index in [9.17, 15) is 0 Å². The normalized spacial score (nSPS) is 23.4. The molecule has 3 heterocycles. The van der Waals surface area contributed by atoms with E-state index in [0.29, 0.717) is 0 Å². The Balaban J connectivity index is 1.35. The van der Waals surface area contributed by atoms with E-state index in [2.05, 4.69) is 57.6 Å². The van der Waals surface area contributed by atoms with Crippen LogP contribution in [0.5, 0.6) is 0 Å². The van der Waals surface area contributed by atoms with Crippen molar-refractivity contribution in [1.82, 2.24) is 15.1 Å². The third-order valence-corrected chi connectivity index (χ3v) is 6.13. The molecule has 3 nitrogen and oxygen atoms in total. The number of hydrogen-bond donors (Lipinski definition) is 1. The number of benzene rings is 1. The van der Waals surface area contributed by atoms with E-state index in [1.165, 1.54) is 47.9 Å². The first-order valence-electron chi connectivity index (χ1n) is 8.70. The summed E-state index contributed by atoms with van der Waals surface area (Å²) in [5.41, 5.74) is 1.34. The van der Waals surface area contributed by atoms with Crippen LogP contribution >= 0.6 is 11.3 Å². The van der Waals surface area contributed by atoms with E-state index < -0.39 is 0 Å². The molecular formula is C19H25N3S. The predicted octanol–water partition coefficient (Wildman–Crippen LogP) is 2.89. The molecule has 2 aliphatic rings. The summed E-state index contributed by atoms with van der Waals surface area (Å²) in [6.07, 6.45) is 1.33. The Morgan fingerprint density at radius 3 is 2.65 bits per heavy atom. The van der Waals surface area contributed by atoms with Gasteiger partial charge in [-0.1, -0.05) is 30.3 Å². The highest BCUT2D eigenvalue weighted by Crippen LogP contribution is 2.29. The summed E-state index contributed by atoms with van der Waals surface area (Å²) in [5.74, 6) is 0. The molecule has 0 bridgehead atoms. The summed E-state index contributed by atoms with van der Waals surface area (Å²) >= 11 is 1.94. The molecule has 4 rings (SSSR count). The molecule has 2 aromatic rings. The molecule has 0 amide bonds. The lowest BCUT2D eigenvalue weighted by molar-refractivity contribution is 0.170. The SMILES string of the molecule is c1ccc(-c2ccc(CN3CCC(N4CCNCC4)C3)s2)cc1. The van der Waals surface area contributed by atoms with Gasteiger partial charge >= 0.3 is 0 Å². The second-order valence-electron chi connectivity index (χ2n) is 6.60. The second-order valence-corrected chi connectivity index (χ2v) is 7.76. The van der Waals surface area contributed by atoms with Gasteiger partial charge in [0.2, 0.25) is 0 Å². The highest BCUT2D eigenvalue weighted by molar-refractivity contribution is 7.15. The molecule has 1 aromatic heterocycles.